The predicted octanol–water partition coefficient (Wildman–Crippen LogP) is 1.71. The van der Waals surface area contributed by atoms with Crippen LogP contribution < -0.4 is 16.2 Å². The first-order valence-electron chi connectivity index (χ1n) is 5.61. The van der Waals surface area contributed by atoms with Crippen molar-refractivity contribution >= 4 is 27.7 Å². The summed E-state index contributed by atoms with van der Waals surface area (Å²) in [5, 5.41) is 4.17. The first-order chi connectivity index (χ1) is 9.04. The van der Waals surface area contributed by atoms with Crippen LogP contribution in [0, 0.1) is 0 Å². The molecule has 1 heterocycles. The third kappa shape index (κ3) is 2.55. The molecule has 0 saturated carbocycles. The fraction of sp³-hybridized carbons (Fsp3) is 0.167. The van der Waals surface area contributed by atoms with Crippen molar-refractivity contribution in [1.29, 1.82) is 0 Å². The van der Waals surface area contributed by atoms with E-state index in [0.29, 0.717) is 12.3 Å². The van der Waals surface area contributed by atoms with Gasteiger partial charge in [0.25, 0.3) is 5.91 Å². The number of rotatable bonds is 4. The van der Waals surface area contributed by atoms with Crippen molar-refractivity contribution in [2.75, 3.05) is 12.3 Å². The highest BCUT2D eigenvalue weighted by molar-refractivity contribution is 9.10. The molecule has 2 rings (SSSR count). The topological polar surface area (TPSA) is 96.2 Å². The van der Waals surface area contributed by atoms with E-state index in [1.54, 1.807) is 6.92 Å². The molecule has 0 unspecified atom stereocenters. The lowest BCUT2D eigenvalue weighted by molar-refractivity contribution is 0.0997. The van der Waals surface area contributed by atoms with Gasteiger partial charge in [0.05, 0.1) is 12.3 Å². The quantitative estimate of drug-likeness (QED) is 0.894. The minimum Gasteiger partial charge on any atom is -0.476 e. The first-order valence-corrected chi connectivity index (χ1v) is 6.41. The van der Waals surface area contributed by atoms with E-state index >= 15 is 0 Å². The van der Waals surface area contributed by atoms with Crippen LogP contribution in [0.15, 0.2) is 28.7 Å². The number of primary amides is 1. The summed E-state index contributed by atoms with van der Waals surface area (Å²) in [4.78, 5) is 11.4. The van der Waals surface area contributed by atoms with Crippen LogP contribution in [0.25, 0.3) is 5.69 Å². The average molecular weight is 325 g/mol. The van der Waals surface area contributed by atoms with Crippen molar-refractivity contribution in [3.63, 3.8) is 0 Å². The van der Waals surface area contributed by atoms with Crippen LogP contribution in [0.4, 0.5) is 5.82 Å². The van der Waals surface area contributed by atoms with Gasteiger partial charge in [0.15, 0.2) is 0 Å². The van der Waals surface area contributed by atoms with Gasteiger partial charge < -0.3 is 16.2 Å². The third-order valence-electron chi connectivity index (χ3n) is 2.49. The van der Waals surface area contributed by atoms with E-state index in [1.165, 1.54) is 4.68 Å². The Balaban J connectivity index is 2.55. The highest BCUT2D eigenvalue weighted by atomic mass is 79.9. The second kappa shape index (κ2) is 5.31. The van der Waals surface area contributed by atoms with Crippen LogP contribution >= 0.6 is 15.9 Å². The van der Waals surface area contributed by atoms with Gasteiger partial charge in [0.1, 0.15) is 11.4 Å². The van der Waals surface area contributed by atoms with E-state index in [4.69, 9.17) is 16.2 Å². The molecule has 0 bridgehead atoms. The maximum Gasteiger partial charge on any atom is 0.258 e. The molecule has 0 spiro atoms. The van der Waals surface area contributed by atoms with Crippen LogP contribution in [0.5, 0.6) is 5.88 Å². The maximum absolute atomic E-state index is 11.4. The Hall–Kier alpha value is -2.02. The first kappa shape index (κ1) is 13.4. The molecule has 2 aromatic rings. The predicted molar refractivity (Wildman–Crippen MR) is 75.4 cm³/mol. The highest BCUT2D eigenvalue weighted by Gasteiger charge is 2.22. The van der Waals surface area contributed by atoms with Crippen molar-refractivity contribution in [3.05, 3.63) is 34.3 Å². The molecule has 19 heavy (non-hydrogen) atoms. The van der Waals surface area contributed by atoms with E-state index in [2.05, 4.69) is 21.0 Å². The number of hydrogen-bond donors (Lipinski definition) is 2. The van der Waals surface area contributed by atoms with Gasteiger partial charge in [-0.25, -0.2) is 4.68 Å². The Morgan fingerprint density at radius 2 is 2.05 bits per heavy atom. The molecule has 6 nitrogen and oxygen atoms in total. The molecule has 4 N–H and O–H groups in total. The van der Waals surface area contributed by atoms with Crippen LogP contribution in [-0.2, 0) is 0 Å². The molecular weight excluding hydrogens is 312 g/mol. The lowest BCUT2D eigenvalue weighted by Crippen LogP contribution is -2.14. The number of benzene rings is 1. The van der Waals surface area contributed by atoms with Crippen LogP contribution in [-0.4, -0.2) is 22.3 Å². The van der Waals surface area contributed by atoms with E-state index in [0.717, 1.165) is 4.47 Å². The largest absolute Gasteiger partial charge is 0.476 e. The number of nitrogen functional groups attached to an aromatic ring is 1. The number of aromatic nitrogens is 2. The van der Waals surface area contributed by atoms with Gasteiger partial charge >= 0.3 is 0 Å². The summed E-state index contributed by atoms with van der Waals surface area (Å²) in [5.74, 6) is -0.349. The molecule has 0 aliphatic rings. The Morgan fingerprint density at radius 3 is 2.58 bits per heavy atom. The van der Waals surface area contributed by atoms with E-state index < -0.39 is 5.91 Å². The molecule has 0 aliphatic heterocycles. The van der Waals surface area contributed by atoms with Gasteiger partial charge in [-0.2, -0.15) is 0 Å². The van der Waals surface area contributed by atoms with Gasteiger partial charge in [0.2, 0.25) is 5.88 Å². The Labute approximate surface area is 118 Å². The van der Waals surface area contributed by atoms with Gasteiger partial charge in [-0.05, 0) is 31.2 Å². The number of nitrogens with zero attached hydrogens (tertiary/aromatic N) is 2. The molecule has 100 valence electrons. The third-order valence-corrected chi connectivity index (χ3v) is 3.02. The van der Waals surface area contributed by atoms with Crippen molar-refractivity contribution in [1.82, 2.24) is 9.78 Å². The van der Waals surface area contributed by atoms with Crippen molar-refractivity contribution < 1.29 is 9.53 Å². The summed E-state index contributed by atoms with van der Waals surface area (Å²) in [6.45, 7) is 2.16. The lowest BCUT2D eigenvalue weighted by atomic mass is 10.3. The summed E-state index contributed by atoms with van der Waals surface area (Å²) < 4.78 is 7.64. The highest BCUT2D eigenvalue weighted by Crippen LogP contribution is 2.26. The molecule has 0 radical (unpaired) electrons. The number of amides is 1. The summed E-state index contributed by atoms with van der Waals surface area (Å²) >= 11 is 3.34. The Morgan fingerprint density at radius 1 is 1.42 bits per heavy atom. The summed E-state index contributed by atoms with van der Waals surface area (Å²) in [5.41, 5.74) is 12.0. The van der Waals surface area contributed by atoms with Gasteiger partial charge in [-0.1, -0.05) is 15.9 Å². The number of carbonyl (C=O) groups excluding carboxylic acids is 1. The number of carbonyl (C=O) groups is 1. The number of halogens is 1. The van der Waals surface area contributed by atoms with Crippen molar-refractivity contribution in [2.45, 2.75) is 6.92 Å². The van der Waals surface area contributed by atoms with E-state index in [-0.39, 0.29) is 17.3 Å². The average Bonchev–Trinajstić information content (AvgIpc) is 2.68. The zero-order valence-electron chi connectivity index (χ0n) is 10.3. The molecule has 1 amide bonds. The Bertz CT molecular complexity index is 607. The molecule has 1 aromatic heterocycles. The number of anilines is 1. The summed E-state index contributed by atoms with van der Waals surface area (Å²) in [7, 11) is 0. The molecule has 0 saturated heterocycles. The normalized spacial score (nSPS) is 10.4. The fourth-order valence-corrected chi connectivity index (χ4v) is 1.92. The minimum absolute atomic E-state index is 0.102. The number of ether oxygens (including phenoxy) is 1. The van der Waals surface area contributed by atoms with Crippen molar-refractivity contribution in [2.24, 2.45) is 5.73 Å². The minimum atomic E-state index is -0.663. The fourth-order valence-electron chi connectivity index (χ4n) is 1.66. The molecule has 0 atom stereocenters. The number of nitrogens with two attached hydrogens (primary N) is 2. The van der Waals surface area contributed by atoms with Crippen LogP contribution in [0.1, 0.15) is 17.3 Å². The zero-order valence-corrected chi connectivity index (χ0v) is 11.8. The smallest absolute Gasteiger partial charge is 0.258 e. The van der Waals surface area contributed by atoms with Gasteiger partial charge in [0, 0.05) is 4.47 Å². The van der Waals surface area contributed by atoms with Crippen LogP contribution in [0.3, 0.4) is 0 Å². The molecular formula is C12H13BrN4O2. The lowest BCUT2D eigenvalue weighted by Gasteiger charge is -2.03. The second-order valence-electron chi connectivity index (χ2n) is 3.75. The standard InChI is InChI=1S/C12H13BrN4O2/c1-2-19-12-9(11(15)18)10(14)17(16-12)8-5-3-7(13)4-6-8/h3-6H,2,14H2,1H3,(H2,15,18). The number of hydrogen-bond acceptors (Lipinski definition) is 4. The monoisotopic (exact) mass is 324 g/mol. The Kier molecular flexibility index (Phi) is 3.75. The zero-order chi connectivity index (χ0) is 14.0. The van der Waals surface area contributed by atoms with Gasteiger partial charge in [-0.15, -0.1) is 5.10 Å². The van der Waals surface area contributed by atoms with E-state index in [1.807, 2.05) is 24.3 Å². The SMILES string of the molecule is CCOc1nn(-c2ccc(Br)cc2)c(N)c1C(N)=O. The molecule has 0 aliphatic carbocycles. The molecule has 1 aromatic carbocycles. The molecule has 7 heteroatoms. The maximum atomic E-state index is 11.4. The summed E-state index contributed by atoms with van der Waals surface area (Å²) in [6.07, 6.45) is 0. The second-order valence-corrected chi connectivity index (χ2v) is 4.67. The van der Waals surface area contributed by atoms with Crippen molar-refractivity contribution in [3.8, 4) is 11.6 Å². The molecule has 0 fully saturated rings. The summed E-state index contributed by atoms with van der Waals surface area (Å²) in [6, 6.07) is 7.32. The van der Waals surface area contributed by atoms with Gasteiger partial charge in [-0.3, -0.25) is 4.79 Å². The van der Waals surface area contributed by atoms with E-state index in [9.17, 15) is 4.79 Å². The van der Waals surface area contributed by atoms with Crippen LogP contribution in [0.2, 0.25) is 0 Å².